The molecule has 0 aliphatic heterocycles. The lowest BCUT2D eigenvalue weighted by Crippen LogP contribution is -2.37. The second-order valence-electron chi connectivity index (χ2n) is 2.98. The van der Waals surface area contributed by atoms with Crippen molar-refractivity contribution in [3.8, 4) is 0 Å². The molecular formula is C10H7Cl3N2OS. The fourth-order valence-corrected chi connectivity index (χ4v) is 1.51. The molecule has 90 valence electrons. The van der Waals surface area contributed by atoms with Crippen LogP contribution in [0.5, 0.6) is 0 Å². The van der Waals surface area contributed by atoms with Crippen LogP contribution in [0.4, 0.5) is 0 Å². The van der Waals surface area contributed by atoms with Gasteiger partial charge in [-0.05, 0) is 36.5 Å². The molecule has 0 radical (unpaired) electrons. The number of halogens is 3. The molecule has 0 aliphatic carbocycles. The maximum atomic E-state index is 11.8. The number of alkyl halides is 2. The first-order valence-electron chi connectivity index (χ1n) is 4.46. The van der Waals surface area contributed by atoms with Gasteiger partial charge in [0.25, 0.3) is 5.91 Å². The standard InChI is InChI=1S/C10H7Cl3N2OS/c11-7-3-1-6(2-4-7)10(16)15-9(8(12)13)14-5-17/h1-4,8-9H,(H,15,16)/t9-/m1/s1. The molecule has 0 bridgehead atoms. The number of hydrogen-bond donors (Lipinski definition) is 1. The first-order valence-corrected chi connectivity index (χ1v) is 6.12. The molecule has 1 rings (SSSR count). The number of carbonyl (C=O) groups is 1. The maximum Gasteiger partial charge on any atom is 0.253 e. The maximum absolute atomic E-state index is 11.8. The molecule has 0 fully saturated rings. The average molecular weight is 310 g/mol. The van der Waals surface area contributed by atoms with Crippen LogP contribution in [0.15, 0.2) is 29.3 Å². The van der Waals surface area contributed by atoms with Crippen molar-refractivity contribution in [1.29, 1.82) is 0 Å². The molecule has 1 atom stereocenters. The number of isothiocyanates is 1. The highest BCUT2D eigenvalue weighted by molar-refractivity contribution is 7.78. The van der Waals surface area contributed by atoms with Crippen LogP contribution in [0.3, 0.4) is 0 Å². The van der Waals surface area contributed by atoms with Crippen molar-refractivity contribution in [3.63, 3.8) is 0 Å². The summed E-state index contributed by atoms with van der Waals surface area (Å²) in [7, 11) is 0. The van der Waals surface area contributed by atoms with Crippen LogP contribution in [0, 0.1) is 0 Å². The second-order valence-corrected chi connectivity index (χ2v) is 4.76. The van der Waals surface area contributed by atoms with Crippen molar-refractivity contribution in [2.75, 3.05) is 0 Å². The van der Waals surface area contributed by atoms with Gasteiger partial charge in [0.1, 0.15) is 4.84 Å². The minimum absolute atomic E-state index is 0.369. The van der Waals surface area contributed by atoms with Crippen LogP contribution >= 0.6 is 47.0 Å². The lowest BCUT2D eigenvalue weighted by molar-refractivity contribution is 0.0940. The van der Waals surface area contributed by atoms with E-state index in [1.165, 1.54) is 0 Å². The fourth-order valence-electron chi connectivity index (χ4n) is 1.03. The Morgan fingerprint density at radius 1 is 1.35 bits per heavy atom. The van der Waals surface area contributed by atoms with Gasteiger partial charge in [0.05, 0.1) is 5.16 Å². The summed E-state index contributed by atoms with van der Waals surface area (Å²) in [6.07, 6.45) is -0.820. The van der Waals surface area contributed by atoms with Crippen molar-refractivity contribution in [2.24, 2.45) is 4.99 Å². The Bertz CT molecular complexity index is 443. The van der Waals surface area contributed by atoms with Crippen molar-refractivity contribution < 1.29 is 4.79 Å². The molecule has 1 aromatic carbocycles. The minimum Gasteiger partial charge on any atom is -0.327 e. The van der Waals surface area contributed by atoms with Crippen molar-refractivity contribution >= 4 is 58.1 Å². The Labute approximate surface area is 119 Å². The monoisotopic (exact) mass is 308 g/mol. The highest BCUT2D eigenvalue weighted by Crippen LogP contribution is 2.12. The van der Waals surface area contributed by atoms with E-state index in [0.717, 1.165) is 0 Å². The summed E-state index contributed by atoms with van der Waals surface area (Å²) in [6, 6.07) is 6.36. The zero-order valence-corrected chi connectivity index (χ0v) is 11.4. The molecule has 1 aromatic rings. The van der Waals surface area contributed by atoms with E-state index in [0.29, 0.717) is 10.6 Å². The van der Waals surface area contributed by atoms with Gasteiger partial charge in [0.2, 0.25) is 0 Å². The largest absolute Gasteiger partial charge is 0.327 e. The van der Waals surface area contributed by atoms with Gasteiger partial charge in [0.15, 0.2) is 6.17 Å². The van der Waals surface area contributed by atoms with E-state index in [-0.39, 0.29) is 5.91 Å². The van der Waals surface area contributed by atoms with E-state index in [2.05, 4.69) is 27.7 Å². The number of amides is 1. The highest BCUT2D eigenvalue weighted by Gasteiger charge is 2.18. The molecular weight excluding hydrogens is 303 g/mol. The highest BCUT2D eigenvalue weighted by atomic mass is 35.5. The number of nitrogens with one attached hydrogen (secondary N) is 1. The molecule has 0 spiro atoms. The number of aliphatic imine (C=N–C) groups is 1. The first-order chi connectivity index (χ1) is 8.04. The van der Waals surface area contributed by atoms with Gasteiger partial charge in [-0.25, -0.2) is 4.99 Å². The summed E-state index contributed by atoms with van der Waals surface area (Å²) in [4.78, 5) is 14.5. The average Bonchev–Trinajstić information content (AvgIpc) is 2.29. The van der Waals surface area contributed by atoms with Crippen LogP contribution < -0.4 is 5.32 Å². The molecule has 17 heavy (non-hydrogen) atoms. The minimum atomic E-state index is -0.901. The topological polar surface area (TPSA) is 41.5 Å². The SMILES string of the molecule is O=C(N[C@@H](N=C=S)C(Cl)Cl)c1ccc(Cl)cc1. The molecule has 0 unspecified atom stereocenters. The Kier molecular flexibility index (Phi) is 5.89. The summed E-state index contributed by atoms with van der Waals surface area (Å²) in [5, 5.41) is 5.17. The van der Waals surface area contributed by atoms with Crippen molar-refractivity contribution in [3.05, 3.63) is 34.9 Å². The van der Waals surface area contributed by atoms with Gasteiger partial charge >= 0.3 is 0 Å². The van der Waals surface area contributed by atoms with Gasteiger partial charge in [-0.2, -0.15) is 0 Å². The number of hydrogen-bond acceptors (Lipinski definition) is 3. The van der Waals surface area contributed by atoms with Gasteiger partial charge in [0, 0.05) is 10.6 Å². The Morgan fingerprint density at radius 3 is 2.41 bits per heavy atom. The van der Waals surface area contributed by atoms with E-state index in [9.17, 15) is 4.79 Å². The number of thiocarbonyl (C=S) groups is 1. The van der Waals surface area contributed by atoms with Crippen molar-refractivity contribution in [2.45, 2.75) is 11.0 Å². The first kappa shape index (κ1) is 14.4. The predicted molar refractivity (Wildman–Crippen MR) is 73.2 cm³/mol. The van der Waals surface area contributed by atoms with Crippen LogP contribution in [0.2, 0.25) is 5.02 Å². The molecule has 3 nitrogen and oxygen atoms in total. The lowest BCUT2D eigenvalue weighted by atomic mass is 10.2. The smallest absolute Gasteiger partial charge is 0.253 e. The zero-order valence-electron chi connectivity index (χ0n) is 8.36. The number of rotatable bonds is 4. The van der Waals surface area contributed by atoms with E-state index < -0.39 is 11.0 Å². The summed E-state index contributed by atoms with van der Waals surface area (Å²) >= 11 is 21.4. The summed E-state index contributed by atoms with van der Waals surface area (Å²) in [5.41, 5.74) is 0.424. The molecule has 0 aliphatic rings. The summed E-state index contributed by atoms with van der Waals surface area (Å²) < 4.78 is 0. The van der Waals surface area contributed by atoms with E-state index in [1.807, 2.05) is 0 Å². The van der Waals surface area contributed by atoms with E-state index >= 15 is 0 Å². The lowest BCUT2D eigenvalue weighted by Gasteiger charge is -2.13. The van der Waals surface area contributed by atoms with Gasteiger partial charge in [-0.1, -0.05) is 11.6 Å². The third-order valence-electron chi connectivity index (χ3n) is 1.82. The van der Waals surface area contributed by atoms with Crippen LogP contribution in [-0.4, -0.2) is 22.1 Å². The Hall–Kier alpha value is -0.640. The summed E-state index contributed by atoms with van der Waals surface area (Å²) in [5.74, 6) is -0.369. The predicted octanol–water partition coefficient (Wildman–Crippen LogP) is 3.30. The fraction of sp³-hybridized carbons (Fsp3) is 0.200. The molecule has 0 saturated carbocycles. The Balaban J connectivity index is 2.77. The van der Waals surface area contributed by atoms with Gasteiger partial charge in [-0.15, -0.1) is 23.2 Å². The Morgan fingerprint density at radius 2 is 1.94 bits per heavy atom. The second kappa shape index (κ2) is 6.94. The van der Waals surface area contributed by atoms with Crippen LogP contribution in [0.25, 0.3) is 0 Å². The number of benzene rings is 1. The normalized spacial score (nSPS) is 11.8. The molecule has 1 amide bonds. The van der Waals surface area contributed by atoms with E-state index in [1.54, 1.807) is 24.3 Å². The molecule has 1 N–H and O–H groups in total. The van der Waals surface area contributed by atoms with Crippen molar-refractivity contribution in [1.82, 2.24) is 5.32 Å². The third-order valence-corrected chi connectivity index (χ3v) is 2.65. The number of nitrogens with zero attached hydrogens (tertiary/aromatic N) is 1. The van der Waals surface area contributed by atoms with Gasteiger partial charge < -0.3 is 5.32 Å². The van der Waals surface area contributed by atoms with E-state index in [4.69, 9.17) is 34.8 Å². The quantitative estimate of drug-likeness (QED) is 0.527. The molecule has 7 heteroatoms. The zero-order chi connectivity index (χ0) is 12.8. The van der Waals surface area contributed by atoms with Gasteiger partial charge in [-0.3, -0.25) is 4.79 Å². The number of carbonyl (C=O) groups excluding carboxylic acids is 1. The molecule has 0 heterocycles. The summed E-state index contributed by atoms with van der Waals surface area (Å²) in [6.45, 7) is 0. The van der Waals surface area contributed by atoms with Crippen LogP contribution in [-0.2, 0) is 0 Å². The third kappa shape index (κ3) is 4.62. The molecule has 0 saturated heterocycles. The molecule has 0 aromatic heterocycles. The van der Waals surface area contributed by atoms with Crippen LogP contribution in [0.1, 0.15) is 10.4 Å².